The second kappa shape index (κ2) is 16.0. The molecule has 0 amide bonds. The lowest BCUT2D eigenvalue weighted by Gasteiger charge is -2.17. The van der Waals surface area contributed by atoms with Crippen molar-refractivity contribution in [3.05, 3.63) is 241 Å². The summed E-state index contributed by atoms with van der Waals surface area (Å²) in [6.45, 7) is 12.7. The molecule has 0 radical (unpaired) electrons. The summed E-state index contributed by atoms with van der Waals surface area (Å²) in [5.41, 5.74) is 15.9. The van der Waals surface area contributed by atoms with E-state index in [1.165, 1.54) is 21.9 Å². The fraction of sp³-hybridized carbons (Fsp3) is 0.0303. The third-order valence-corrected chi connectivity index (χ3v) is 14.9. The van der Waals surface area contributed by atoms with Gasteiger partial charge in [0.15, 0.2) is 17.3 Å². The summed E-state index contributed by atoms with van der Waals surface area (Å²) in [7, 11) is 0. The molecule has 8 heteroatoms. The Labute approximate surface area is 424 Å². The van der Waals surface area contributed by atoms with Crippen LogP contribution in [0.1, 0.15) is 11.1 Å². The fourth-order valence-electron chi connectivity index (χ4n) is 11.8. The minimum Gasteiger partial charge on any atom is -0.308 e. The Bertz CT molecular complexity index is 4730. The van der Waals surface area contributed by atoms with E-state index in [0.717, 1.165) is 99.1 Å². The smallest absolute Gasteiger partial charge is 0.238 e. The van der Waals surface area contributed by atoms with E-state index < -0.39 is 0 Å². The van der Waals surface area contributed by atoms with E-state index in [2.05, 4.69) is 213 Å². The van der Waals surface area contributed by atoms with Gasteiger partial charge in [0.05, 0.1) is 56.4 Å². The van der Waals surface area contributed by atoms with Crippen molar-refractivity contribution in [2.24, 2.45) is 0 Å². The van der Waals surface area contributed by atoms with Crippen LogP contribution >= 0.6 is 0 Å². The minimum absolute atomic E-state index is 0.456. The molecule has 0 fully saturated rings. The van der Waals surface area contributed by atoms with Crippen LogP contribution in [0.15, 0.2) is 218 Å². The molecule has 0 saturated heterocycles. The Hall–Kier alpha value is -10.1. The number of hydrogen-bond donors (Lipinski definition) is 0. The molecule has 15 aromatic rings. The topological polar surface area (TPSA) is 62.8 Å². The monoisotopic (exact) mass is 946 g/mol. The molecule has 0 aliphatic heterocycles. The van der Waals surface area contributed by atoms with Crippen molar-refractivity contribution < 1.29 is 0 Å². The quantitative estimate of drug-likeness (QED) is 0.156. The lowest BCUT2D eigenvalue weighted by Crippen LogP contribution is -2.08. The van der Waals surface area contributed by atoms with Crippen LogP contribution in [0.25, 0.3) is 138 Å². The van der Waals surface area contributed by atoms with E-state index in [1.807, 2.05) is 42.5 Å². The molecule has 5 aromatic heterocycles. The minimum atomic E-state index is 0.456. The molecule has 346 valence electrons. The van der Waals surface area contributed by atoms with Gasteiger partial charge in [0.25, 0.3) is 0 Å². The molecule has 0 aliphatic carbocycles. The highest BCUT2D eigenvalue weighted by atomic mass is 15.2. The standard InChI is InChI=1S/C66H42N8/c1-40-31-34-55-49(37-40)50-38-41(2)32-35-56(50)74(55)66-69-64(42-19-7-4-8-20-42)68-65(70-66)51-39-43(67-3)33-36-57(51)73-54-30-18-15-27-48(54)60-62-58(46-25-13-16-28-52(46)71(62)44-21-9-5-10-22-44)61-59(63(60)73)47-26-14-17-29-53(47)72(61)45-23-11-6-12-24-45/h4-39H,1-2H3. The molecule has 0 saturated carbocycles. The Morgan fingerprint density at radius 3 is 1.31 bits per heavy atom. The molecule has 5 heterocycles. The predicted molar refractivity (Wildman–Crippen MR) is 304 cm³/mol. The molecule has 0 N–H and O–H groups in total. The molecule has 74 heavy (non-hydrogen) atoms. The Morgan fingerprint density at radius 2 is 0.797 bits per heavy atom. The van der Waals surface area contributed by atoms with Gasteiger partial charge >= 0.3 is 0 Å². The third kappa shape index (κ3) is 5.98. The molecular formula is C66H42N8. The lowest BCUT2D eigenvalue weighted by molar-refractivity contribution is 0.951. The number of aryl methyl sites for hydroxylation is 2. The van der Waals surface area contributed by atoms with Crippen LogP contribution in [0, 0.1) is 20.4 Å². The zero-order valence-electron chi connectivity index (χ0n) is 40.4. The van der Waals surface area contributed by atoms with Gasteiger partial charge in [-0.2, -0.15) is 9.97 Å². The zero-order chi connectivity index (χ0) is 49.2. The first-order chi connectivity index (χ1) is 36.5. The van der Waals surface area contributed by atoms with Crippen molar-refractivity contribution >= 4 is 92.9 Å². The van der Waals surface area contributed by atoms with E-state index in [-0.39, 0.29) is 0 Å². The Morgan fingerprint density at radius 1 is 0.365 bits per heavy atom. The fourth-order valence-corrected chi connectivity index (χ4v) is 11.8. The summed E-state index contributed by atoms with van der Waals surface area (Å²) in [5.74, 6) is 1.48. The van der Waals surface area contributed by atoms with Crippen LogP contribution in [0.4, 0.5) is 5.69 Å². The highest BCUT2D eigenvalue weighted by molar-refractivity contribution is 6.40. The number of benzene rings is 10. The SMILES string of the molecule is [C-]#[N+]c1ccc(-n2c3ccccc3c3c4c(c5ccccc5n4-c4ccccc4)c4c(c5ccccc5n4-c4ccccc4)c32)c(-c2nc(-c3ccccc3)nc(-n3c4ccc(C)cc4c4cc(C)ccc43)n2)c1. The third-order valence-electron chi connectivity index (χ3n) is 14.9. The molecular weight excluding hydrogens is 905 g/mol. The summed E-state index contributed by atoms with van der Waals surface area (Å²) in [6.07, 6.45) is 0. The molecule has 10 aromatic carbocycles. The van der Waals surface area contributed by atoms with Crippen molar-refractivity contribution in [3.63, 3.8) is 0 Å². The van der Waals surface area contributed by atoms with E-state index in [4.69, 9.17) is 21.5 Å². The maximum atomic E-state index is 8.44. The van der Waals surface area contributed by atoms with Gasteiger partial charge in [-0.3, -0.25) is 4.57 Å². The largest absolute Gasteiger partial charge is 0.308 e. The van der Waals surface area contributed by atoms with E-state index in [9.17, 15) is 0 Å². The highest BCUT2D eigenvalue weighted by Crippen LogP contribution is 2.51. The molecule has 15 rings (SSSR count). The first-order valence-electron chi connectivity index (χ1n) is 24.9. The van der Waals surface area contributed by atoms with E-state index >= 15 is 0 Å². The Balaban J connectivity index is 1.14. The van der Waals surface area contributed by atoms with Crippen LogP contribution in [-0.4, -0.2) is 33.2 Å². The number of aromatic nitrogens is 7. The molecule has 8 nitrogen and oxygen atoms in total. The van der Waals surface area contributed by atoms with Crippen LogP contribution in [0.2, 0.25) is 0 Å². The van der Waals surface area contributed by atoms with Crippen molar-refractivity contribution in [1.82, 2.24) is 33.2 Å². The van der Waals surface area contributed by atoms with Gasteiger partial charge in [-0.15, -0.1) is 0 Å². The number of para-hydroxylation sites is 5. The molecule has 0 bridgehead atoms. The van der Waals surface area contributed by atoms with Crippen molar-refractivity contribution in [1.29, 1.82) is 0 Å². The average molecular weight is 947 g/mol. The van der Waals surface area contributed by atoms with Crippen molar-refractivity contribution in [2.75, 3.05) is 0 Å². The van der Waals surface area contributed by atoms with Gasteiger partial charge in [0.2, 0.25) is 5.95 Å². The zero-order valence-corrected chi connectivity index (χ0v) is 40.4. The molecule has 0 atom stereocenters. The van der Waals surface area contributed by atoms with E-state index in [1.54, 1.807) is 0 Å². The lowest BCUT2D eigenvalue weighted by atomic mass is 10.0. The number of nitrogens with zero attached hydrogens (tertiary/aromatic N) is 8. The summed E-state index contributed by atoms with van der Waals surface area (Å²) >= 11 is 0. The maximum Gasteiger partial charge on any atom is 0.238 e. The number of fused-ring (bicyclic) bond motifs is 15. The van der Waals surface area contributed by atoms with Gasteiger partial charge in [-0.1, -0.05) is 151 Å². The highest BCUT2D eigenvalue weighted by Gasteiger charge is 2.30. The first-order valence-corrected chi connectivity index (χ1v) is 24.9. The van der Waals surface area contributed by atoms with Crippen LogP contribution in [0.3, 0.4) is 0 Å². The first kappa shape index (κ1) is 41.7. The molecule has 0 unspecified atom stereocenters. The predicted octanol–water partition coefficient (Wildman–Crippen LogP) is 16.8. The van der Waals surface area contributed by atoms with Crippen LogP contribution < -0.4 is 0 Å². The van der Waals surface area contributed by atoms with Crippen LogP contribution in [0.5, 0.6) is 0 Å². The van der Waals surface area contributed by atoms with Gasteiger partial charge in [-0.05, 0) is 92.7 Å². The van der Waals surface area contributed by atoms with Gasteiger partial charge in [0.1, 0.15) is 0 Å². The van der Waals surface area contributed by atoms with E-state index in [0.29, 0.717) is 28.8 Å². The van der Waals surface area contributed by atoms with Crippen molar-refractivity contribution in [2.45, 2.75) is 13.8 Å². The Kier molecular flexibility index (Phi) is 8.98. The summed E-state index contributed by atoms with van der Waals surface area (Å²) in [4.78, 5) is 20.3. The second-order valence-corrected chi connectivity index (χ2v) is 19.2. The normalized spacial score (nSPS) is 11.9. The maximum absolute atomic E-state index is 8.44. The summed E-state index contributed by atoms with van der Waals surface area (Å²) in [6, 6.07) is 77.1. The van der Waals surface area contributed by atoms with Gasteiger partial charge < -0.3 is 13.7 Å². The average Bonchev–Trinajstić information content (AvgIpc) is 4.24. The van der Waals surface area contributed by atoms with Crippen LogP contribution in [-0.2, 0) is 0 Å². The number of rotatable bonds is 6. The van der Waals surface area contributed by atoms with Gasteiger partial charge in [0, 0.05) is 65.6 Å². The molecule has 0 aliphatic rings. The summed E-state index contributed by atoms with van der Waals surface area (Å²) < 4.78 is 9.50. The van der Waals surface area contributed by atoms with Gasteiger partial charge in [-0.25, -0.2) is 9.83 Å². The summed E-state index contributed by atoms with van der Waals surface area (Å²) in [5, 5.41) is 9.07. The second-order valence-electron chi connectivity index (χ2n) is 19.2. The number of hydrogen-bond acceptors (Lipinski definition) is 3. The van der Waals surface area contributed by atoms with Crippen molar-refractivity contribution in [3.8, 4) is 45.8 Å². The molecule has 0 spiro atoms.